The van der Waals surface area contributed by atoms with E-state index in [1.165, 1.54) is 42.2 Å². The second-order valence-electron chi connectivity index (χ2n) is 7.36. The van der Waals surface area contributed by atoms with Crippen LogP contribution in [0.15, 0.2) is 58.6 Å². The third-order valence-electron chi connectivity index (χ3n) is 4.63. The lowest BCUT2D eigenvalue weighted by molar-refractivity contribution is -0.113. The Morgan fingerprint density at radius 1 is 1.12 bits per heavy atom. The number of sulfonamides is 1. The molecule has 0 fully saturated rings. The van der Waals surface area contributed by atoms with E-state index < -0.39 is 10.0 Å². The monoisotopic (exact) mass is 496 g/mol. The fourth-order valence-corrected chi connectivity index (χ4v) is 4.64. The Hall–Kier alpha value is -3.49. The normalized spacial score (nSPS) is 11.0. The lowest BCUT2D eigenvalue weighted by Crippen LogP contribution is -2.16. The minimum absolute atomic E-state index is 0.0109. The van der Waals surface area contributed by atoms with E-state index in [1.54, 1.807) is 19.1 Å². The Morgan fingerprint density at radius 3 is 2.56 bits per heavy atom. The number of nitrogens with zero attached hydrogens (tertiary/aromatic N) is 4. The largest absolute Gasteiger partial charge is 0.325 e. The van der Waals surface area contributed by atoms with Crippen LogP contribution in [0.2, 0.25) is 0 Å². The summed E-state index contributed by atoms with van der Waals surface area (Å²) in [5, 5.41) is 12.6. The molecule has 1 aromatic carbocycles. The maximum atomic E-state index is 12.5. The topological polar surface area (TPSA) is 138 Å². The Morgan fingerprint density at radius 2 is 1.88 bits per heavy atom. The van der Waals surface area contributed by atoms with Crippen LogP contribution in [0.5, 0.6) is 0 Å². The number of nitrogens with one attached hydrogen (secondary N) is 2. The Bertz CT molecular complexity index is 1310. The standard InChI is InChI=1S/C23H24N6O3S2/c1-3-4-5-18-7-6-17(14-24)22(28-18)33-15-21(30)27-19-8-10-20(11-9-19)34(31,32)29-23-25-13-12-16(2)26-23/h6-13H,3-5,15H2,1-2H3,(H,27,30)(H,25,26,29). The molecule has 0 atom stereocenters. The average molecular weight is 497 g/mol. The van der Waals surface area contributed by atoms with Gasteiger partial charge in [0.15, 0.2) is 0 Å². The first-order valence-corrected chi connectivity index (χ1v) is 13.0. The number of hydrogen-bond acceptors (Lipinski definition) is 8. The third-order valence-corrected chi connectivity index (χ3v) is 6.97. The molecule has 1 amide bonds. The SMILES string of the molecule is CCCCc1ccc(C#N)c(SCC(=O)Nc2ccc(S(=O)(=O)Nc3nccc(C)n3)cc2)n1. The predicted octanol–water partition coefficient (Wildman–Crippen LogP) is 3.93. The van der Waals surface area contributed by atoms with Gasteiger partial charge in [-0.25, -0.2) is 28.1 Å². The molecule has 0 aliphatic carbocycles. The van der Waals surface area contributed by atoms with Crippen LogP contribution >= 0.6 is 11.8 Å². The van der Waals surface area contributed by atoms with E-state index in [2.05, 4.69) is 38.0 Å². The summed E-state index contributed by atoms with van der Waals surface area (Å²) >= 11 is 1.19. The van der Waals surface area contributed by atoms with Gasteiger partial charge in [0, 0.05) is 23.3 Å². The number of pyridine rings is 1. The van der Waals surface area contributed by atoms with Crippen LogP contribution in [0.1, 0.15) is 36.7 Å². The molecule has 2 heterocycles. The number of anilines is 2. The number of carbonyl (C=O) groups excluding carboxylic acids is 1. The quantitative estimate of drug-likeness (QED) is 0.403. The van der Waals surface area contributed by atoms with Crippen LogP contribution < -0.4 is 10.0 Å². The van der Waals surface area contributed by atoms with Crippen molar-refractivity contribution in [2.75, 3.05) is 15.8 Å². The van der Waals surface area contributed by atoms with Crippen molar-refractivity contribution in [1.82, 2.24) is 15.0 Å². The van der Waals surface area contributed by atoms with Gasteiger partial charge in [-0.1, -0.05) is 25.1 Å². The predicted molar refractivity (Wildman–Crippen MR) is 131 cm³/mol. The molecule has 0 aliphatic rings. The molecule has 2 aromatic heterocycles. The Labute approximate surface area is 203 Å². The van der Waals surface area contributed by atoms with Crippen molar-refractivity contribution < 1.29 is 13.2 Å². The van der Waals surface area contributed by atoms with Gasteiger partial charge in [-0.3, -0.25) is 4.79 Å². The Kier molecular flexibility index (Phi) is 8.56. The van der Waals surface area contributed by atoms with E-state index in [0.29, 0.717) is 22.0 Å². The maximum absolute atomic E-state index is 12.5. The number of nitriles is 1. The maximum Gasteiger partial charge on any atom is 0.264 e. The highest BCUT2D eigenvalue weighted by molar-refractivity contribution is 8.00. The van der Waals surface area contributed by atoms with E-state index >= 15 is 0 Å². The number of aryl methyl sites for hydroxylation is 2. The van der Waals surface area contributed by atoms with Gasteiger partial charge in [-0.05, 0) is 62.2 Å². The number of thioether (sulfide) groups is 1. The summed E-state index contributed by atoms with van der Waals surface area (Å²) in [6.07, 6.45) is 4.33. The zero-order chi connectivity index (χ0) is 24.6. The van der Waals surface area contributed by atoms with Gasteiger partial charge in [0.2, 0.25) is 11.9 Å². The molecular weight excluding hydrogens is 472 g/mol. The molecule has 34 heavy (non-hydrogen) atoms. The number of carbonyl (C=O) groups is 1. The minimum atomic E-state index is -3.87. The number of unbranched alkanes of at least 4 members (excludes halogenated alkanes) is 1. The van der Waals surface area contributed by atoms with E-state index in [-0.39, 0.29) is 22.5 Å². The van der Waals surface area contributed by atoms with E-state index in [1.807, 2.05) is 6.07 Å². The number of benzene rings is 1. The van der Waals surface area contributed by atoms with Crippen LogP contribution in [0, 0.1) is 18.3 Å². The van der Waals surface area contributed by atoms with Crippen LogP contribution in [0.4, 0.5) is 11.6 Å². The van der Waals surface area contributed by atoms with Gasteiger partial charge < -0.3 is 5.32 Å². The Balaban J connectivity index is 1.60. The summed E-state index contributed by atoms with van der Waals surface area (Å²) in [7, 11) is -3.87. The smallest absolute Gasteiger partial charge is 0.264 e. The second-order valence-corrected chi connectivity index (χ2v) is 10.0. The molecule has 0 radical (unpaired) electrons. The molecule has 11 heteroatoms. The number of amides is 1. The molecule has 3 rings (SSSR count). The second kappa shape index (κ2) is 11.6. The van der Waals surface area contributed by atoms with E-state index in [4.69, 9.17) is 0 Å². The summed E-state index contributed by atoms with van der Waals surface area (Å²) in [6.45, 7) is 3.83. The van der Waals surface area contributed by atoms with Crippen LogP contribution in [-0.4, -0.2) is 35.0 Å². The molecule has 0 unspecified atom stereocenters. The van der Waals surface area contributed by atoms with E-state index in [9.17, 15) is 18.5 Å². The molecule has 9 nitrogen and oxygen atoms in total. The molecule has 0 saturated carbocycles. The van der Waals surface area contributed by atoms with Gasteiger partial charge in [-0.2, -0.15) is 5.26 Å². The minimum Gasteiger partial charge on any atom is -0.325 e. The summed E-state index contributed by atoms with van der Waals surface area (Å²) in [5.41, 5.74) is 2.40. The fourth-order valence-electron chi connectivity index (χ4n) is 2.90. The zero-order valence-corrected chi connectivity index (χ0v) is 20.4. The van der Waals surface area contributed by atoms with Gasteiger partial charge in [-0.15, -0.1) is 0 Å². The number of rotatable bonds is 10. The van der Waals surface area contributed by atoms with E-state index in [0.717, 1.165) is 25.0 Å². The first kappa shape index (κ1) is 25.1. The zero-order valence-electron chi connectivity index (χ0n) is 18.8. The van der Waals surface area contributed by atoms with Gasteiger partial charge >= 0.3 is 0 Å². The van der Waals surface area contributed by atoms with Crippen LogP contribution in [0.25, 0.3) is 0 Å². The highest BCUT2D eigenvalue weighted by atomic mass is 32.2. The molecule has 0 aliphatic heterocycles. The van der Waals surface area contributed by atoms with Gasteiger partial charge in [0.05, 0.1) is 16.2 Å². The third kappa shape index (κ3) is 7.00. The summed E-state index contributed by atoms with van der Waals surface area (Å²) in [4.78, 5) is 24.9. The van der Waals surface area contributed by atoms with Gasteiger partial charge in [0.25, 0.3) is 10.0 Å². The van der Waals surface area contributed by atoms with Gasteiger partial charge in [0.1, 0.15) is 11.1 Å². The van der Waals surface area contributed by atoms with Crippen molar-refractivity contribution >= 4 is 39.3 Å². The molecule has 0 spiro atoms. The van der Waals surface area contributed by atoms with Crippen molar-refractivity contribution in [3.05, 3.63) is 65.6 Å². The van der Waals surface area contributed by atoms with Crippen molar-refractivity contribution in [2.24, 2.45) is 0 Å². The summed E-state index contributed by atoms with van der Waals surface area (Å²) < 4.78 is 27.4. The lowest BCUT2D eigenvalue weighted by atomic mass is 10.2. The lowest BCUT2D eigenvalue weighted by Gasteiger charge is -2.09. The number of hydrogen-bond donors (Lipinski definition) is 2. The van der Waals surface area contributed by atoms with Crippen molar-refractivity contribution in [1.29, 1.82) is 5.26 Å². The van der Waals surface area contributed by atoms with Crippen LogP contribution in [-0.2, 0) is 21.2 Å². The fraction of sp³-hybridized carbons (Fsp3) is 0.261. The van der Waals surface area contributed by atoms with Crippen molar-refractivity contribution in [2.45, 2.75) is 43.0 Å². The van der Waals surface area contributed by atoms with Crippen LogP contribution in [0.3, 0.4) is 0 Å². The molecule has 2 N–H and O–H groups in total. The van der Waals surface area contributed by atoms with Crippen molar-refractivity contribution in [3.8, 4) is 6.07 Å². The summed E-state index contributed by atoms with van der Waals surface area (Å²) in [6, 6.07) is 13.1. The van der Waals surface area contributed by atoms with Crippen molar-refractivity contribution in [3.63, 3.8) is 0 Å². The number of aromatic nitrogens is 3. The molecule has 0 saturated heterocycles. The average Bonchev–Trinajstić information content (AvgIpc) is 2.81. The highest BCUT2D eigenvalue weighted by Crippen LogP contribution is 2.22. The molecule has 0 bridgehead atoms. The molecular formula is C23H24N6O3S2. The first-order valence-electron chi connectivity index (χ1n) is 10.6. The summed E-state index contributed by atoms with van der Waals surface area (Å²) in [5.74, 6) is -0.249. The molecule has 176 valence electrons. The highest BCUT2D eigenvalue weighted by Gasteiger charge is 2.16. The molecule has 3 aromatic rings. The first-order chi connectivity index (χ1) is 16.3.